The highest BCUT2D eigenvalue weighted by Crippen LogP contribution is 2.41. The van der Waals surface area contributed by atoms with Crippen LogP contribution in [0.25, 0.3) is 0 Å². The van der Waals surface area contributed by atoms with Crippen LogP contribution in [0.15, 0.2) is 30.3 Å². The number of hydrogen-bond acceptors (Lipinski definition) is 4. The van der Waals surface area contributed by atoms with Crippen molar-refractivity contribution in [2.24, 2.45) is 0 Å². The molecule has 3 aliphatic rings. The van der Waals surface area contributed by atoms with Crippen molar-refractivity contribution in [2.75, 3.05) is 39.8 Å². The summed E-state index contributed by atoms with van der Waals surface area (Å²) in [5, 5.41) is 8.82. The van der Waals surface area contributed by atoms with Gasteiger partial charge in [0.2, 0.25) is 0 Å². The first-order chi connectivity index (χ1) is 16.6. The van der Waals surface area contributed by atoms with E-state index in [1.54, 1.807) is 0 Å². The number of carbonyl (C=O) groups is 1. The van der Waals surface area contributed by atoms with Gasteiger partial charge in [0.25, 0.3) is 5.91 Å². The lowest BCUT2D eigenvalue weighted by Crippen LogP contribution is -2.44. The zero-order valence-electron chi connectivity index (χ0n) is 21.1. The summed E-state index contributed by atoms with van der Waals surface area (Å²) in [7, 11) is 2.14. The van der Waals surface area contributed by atoms with E-state index < -0.39 is 0 Å². The average Bonchev–Trinajstić information content (AvgIpc) is 3.44. The molecule has 184 valence electrons. The van der Waals surface area contributed by atoms with E-state index in [1.165, 1.54) is 42.5 Å². The number of rotatable bonds is 6. The molecule has 1 atom stereocenters. The fraction of sp³-hybridized carbons (Fsp3) is 0.643. The van der Waals surface area contributed by atoms with Gasteiger partial charge in [-0.1, -0.05) is 43.2 Å². The van der Waals surface area contributed by atoms with Crippen LogP contribution in [-0.4, -0.2) is 71.3 Å². The Morgan fingerprint density at radius 2 is 1.88 bits per heavy atom. The summed E-state index contributed by atoms with van der Waals surface area (Å²) in [6, 6.07) is 11.5. The Morgan fingerprint density at radius 3 is 2.65 bits per heavy atom. The lowest BCUT2D eigenvalue weighted by molar-refractivity contribution is 0.0754. The first kappa shape index (κ1) is 23.6. The molecule has 6 nitrogen and oxygen atoms in total. The second kappa shape index (κ2) is 10.2. The zero-order valence-corrected chi connectivity index (χ0v) is 21.1. The Kier molecular flexibility index (Phi) is 7.07. The molecule has 6 heteroatoms. The monoisotopic (exact) mass is 463 g/mol. The Balaban J connectivity index is 1.32. The maximum atomic E-state index is 13.6. The van der Waals surface area contributed by atoms with Crippen LogP contribution in [0.3, 0.4) is 0 Å². The molecule has 1 saturated heterocycles. The third-order valence-corrected chi connectivity index (χ3v) is 8.53. The van der Waals surface area contributed by atoms with Crippen molar-refractivity contribution in [2.45, 2.75) is 76.3 Å². The third kappa shape index (κ3) is 4.67. The molecule has 1 aromatic heterocycles. The molecule has 1 unspecified atom stereocenters. The number of fused-ring (bicyclic) bond motifs is 1. The van der Waals surface area contributed by atoms with Gasteiger partial charge in [0.1, 0.15) is 0 Å². The topological polar surface area (TPSA) is 53.4 Å². The Labute approximate surface area is 204 Å². The van der Waals surface area contributed by atoms with Gasteiger partial charge in [0.05, 0.1) is 0 Å². The van der Waals surface area contributed by atoms with Crippen LogP contribution in [0, 0.1) is 0 Å². The van der Waals surface area contributed by atoms with Gasteiger partial charge in [-0.05, 0) is 64.6 Å². The number of likely N-dealkylation sites (N-methyl/N-ethyl adjacent to an activating group) is 1. The second-order valence-electron chi connectivity index (χ2n) is 10.7. The first-order valence-electron chi connectivity index (χ1n) is 13.4. The normalized spacial score (nSPS) is 23.0. The summed E-state index contributed by atoms with van der Waals surface area (Å²) >= 11 is 0. The second-order valence-corrected chi connectivity index (χ2v) is 10.7. The third-order valence-electron chi connectivity index (χ3n) is 8.53. The van der Waals surface area contributed by atoms with E-state index in [9.17, 15) is 4.79 Å². The average molecular weight is 464 g/mol. The molecule has 2 aromatic rings. The minimum atomic E-state index is 0.135. The predicted molar refractivity (Wildman–Crippen MR) is 136 cm³/mol. The number of aromatic nitrogens is 2. The minimum Gasteiger partial charge on any atom is -0.336 e. The molecule has 5 rings (SSSR count). The fourth-order valence-electron chi connectivity index (χ4n) is 6.45. The molecule has 1 aromatic carbocycles. The molecular weight excluding hydrogens is 422 g/mol. The maximum absolute atomic E-state index is 13.6. The summed E-state index contributed by atoms with van der Waals surface area (Å²) in [6.07, 6.45) is 9.23. The Bertz CT molecular complexity index is 978. The van der Waals surface area contributed by atoms with Gasteiger partial charge >= 0.3 is 0 Å². The number of carbonyl (C=O) groups excluding carboxylic acids is 1. The van der Waals surface area contributed by atoms with Crippen LogP contribution in [-0.2, 0) is 24.8 Å². The van der Waals surface area contributed by atoms with Crippen molar-refractivity contribution in [3.63, 3.8) is 0 Å². The predicted octanol–water partition coefficient (Wildman–Crippen LogP) is 3.64. The highest BCUT2D eigenvalue weighted by Gasteiger charge is 2.37. The number of benzene rings is 1. The van der Waals surface area contributed by atoms with Gasteiger partial charge in [0.15, 0.2) is 5.69 Å². The standard InChI is InChI=1S/C28H41N5O/c1-3-33-25-13-12-23(29-21-28(14-7-8-15-28)22-10-5-4-6-11-22)20-24(25)26(30-33)27(34)32-17-9-16-31(2)18-19-32/h4-6,10-11,23,29H,3,7-9,12-21H2,1-2H3. The van der Waals surface area contributed by atoms with E-state index in [-0.39, 0.29) is 11.3 Å². The van der Waals surface area contributed by atoms with Gasteiger partial charge < -0.3 is 15.1 Å². The molecule has 1 saturated carbocycles. The largest absolute Gasteiger partial charge is 0.336 e. The molecule has 0 bridgehead atoms. The van der Waals surface area contributed by atoms with Gasteiger partial charge in [0, 0.05) is 55.4 Å². The quantitative estimate of drug-likeness (QED) is 0.711. The molecule has 2 fully saturated rings. The van der Waals surface area contributed by atoms with Crippen molar-refractivity contribution < 1.29 is 4.79 Å². The highest BCUT2D eigenvalue weighted by atomic mass is 16.2. The SMILES string of the molecule is CCn1nc(C(=O)N2CCCN(C)CC2)c2c1CCC(NCC1(c3ccccc3)CCCC1)C2. The van der Waals surface area contributed by atoms with E-state index in [0.29, 0.717) is 11.7 Å². The van der Waals surface area contributed by atoms with E-state index in [0.717, 1.165) is 65.0 Å². The summed E-state index contributed by atoms with van der Waals surface area (Å²) < 4.78 is 2.09. The molecule has 0 radical (unpaired) electrons. The van der Waals surface area contributed by atoms with Gasteiger partial charge in [-0.15, -0.1) is 0 Å². The summed E-state index contributed by atoms with van der Waals surface area (Å²) in [5.41, 5.74) is 4.94. The van der Waals surface area contributed by atoms with Gasteiger partial charge in [-0.2, -0.15) is 5.10 Å². The van der Waals surface area contributed by atoms with E-state index >= 15 is 0 Å². The van der Waals surface area contributed by atoms with E-state index in [2.05, 4.69) is 59.2 Å². The lowest BCUT2D eigenvalue weighted by Gasteiger charge is -2.34. The number of amides is 1. The van der Waals surface area contributed by atoms with Crippen molar-refractivity contribution in [1.29, 1.82) is 0 Å². The summed E-state index contributed by atoms with van der Waals surface area (Å²) in [4.78, 5) is 17.9. The van der Waals surface area contributed by atoms with Crippen LogP contribution < -0.4 is 5.32 Å². The van der Waals surface area contributed by atoms with Crippen LogP contribution >= 0.6 is 0 Å². The summed E-state index contributed by atoms with van der Waals surface area (Å²) in [5.74, 6) is 0.135. The van der Waals surface area contributed by atoms with Crippen molar-refractivity contribution >= 4 is 5.91 Å². The first-order valence-corrected chi connectivity index (χ1v) is 13.4. The van der Waals surface area contributed by atoms with Crippen LogP contribution in [0.2, 0.25) is 0 Å². The van der Waals surface area contributed by atoms with Crippen LogP contribution in [0.4, 0.5) is 0 Å². The molecule has 1 N–H and O–H groups in total. The minimum absolute atomic E-state index is 0.135. The van der Waals surface area contributed by atoms with Gasteiger partial charge in [-0.3, -0.25) is 9.48 Å². The van der Waals surface area contributed by atoms with Gasteiger partial charge in [-0.25, -0.2) is 0 Å². The Morgan fingerprint density at radius 1 is 1.09 bits per heavy atom. The smallest absolute Gasteiger partial charge is 0.274 e. The van der Waals surface area contributed by atoms with Crippen molar-refractivity contribution in [3.8, 4) is 0 Å². The van der Waals surface area contributed by atoms with E-state index in [4.69, 9.17) is 5.10 Å². The van der Waals surface area contributed by atoms with E-state index in [1.807, 2.05) is 4.90 Å². The highest BCUT2D eigenvalue weighted by molar-refractivity contribution is 5.94. The maximum Gasteiger partial charge on any atom is 0.274 e. The number of nitrogens with one attached hydrogen (secondary N) is 1. The zero-order chi connectivity index (χ0) is 23.5. The van der Waals surface area contributed by atoms with Crippen molar-refractivity contribution in [1.82, 2.24) is 24.9 Å². The number of hydrogen-bond donors (Lipinski definition) is 1. The molecule has 1 amide bonds. The van der Waals surface area contributed by atoms with Crippen LogP contribution in [0.1, 0.15) is 72.8 Å². The molecule has 2 heterocycles. The molecule has 0 spiro atoms. The molecule has 2 aliphatic carbocycles. The lowest BCUT2D eigenvalue weighted by atomic mass is 9.78. The molecule has 1 aliphatic heterocycles. The van der Waals surface area contributed by atoms with Crippen molar-refractivity contribution in [3.05, 3.63) is 52.8 Å². The molecule has 34 heavy (non-hydrogen) atoms. The number of nitrogens with zero attached hydrogens (tertiary/aromatic N) is 4. The summed E-state index contributed by atoms with van der Waals surface area (Å²) in [6.45, 7) is 7.61. The molecular formula is C28H41N5O. The Hall–Kier alpha value is -2.18. The number of aryl methyl sites for hydroxylation is 1. The fourth-order valence-corrected chi connectivity index (χ4v) is 6.45. The van der Waals surface area contributed by atoms with Crippen LogP contribution in [0.5, 0.6) is 0 Å².